The lowest BCUT2D eigenvalue weighted by molar-refractivity contribution is 0.727. The molecule has 0 bridgehead atoms. The molecule has 2 N–H and O–H groups in total. The molecule has 0 saturated heterocycles. The van der Waals surface area contributed by atoms with Crippen LogP contribution in [0.1, 0.15) is 22.4 Å². The number of rotatable bonds is 4. The fraction of sp³-hybridized carbons (Fsp3) is 0.211. The number of nitrogens with one attached hydrogen (secondary N) is 2. The lowest BCUT2D eigenvalue weighted by Crippen LogP contribution is -2.21. The molecule has 0 amide bonds. The Morgan fingerprint density at radius 1 is 1.14 bits per heavy atom. The van der Waals surface area contributed by atoms with Crippen molar-refractivity contribution in [3.63, 3.8) is 0 Å². The van der Waals surface area contributed by atoms with Crippen LogP contribution in [0.2, 0.25) is 0 Å². The predicted octanol–water partition coefficient (Wildman–Crippen LogP) is 3.81. The van der Waals surface area contributed by atoms with E-state index in [1.165, 1.54) is 22.3 Å². The molecule has 0 unspecified atom stereocenters. The maximum atomic E-state index is 4.32. The Balaban J connectivity index is 1.72. The first-order chi connectivity index (χ1) is 10.6. The molecule has 0 radical (unpaired) electrons. The largest absolute Gasteiger partial charge is 0.355 e. The highest BCUT2D eigenvalue weighted by Gasteiger charge is 2.14. The third-order valence-electron chi connectivity index (χ3n) is 4.02. The van der Waals surface area contributed by atoms with E-state index in [0.717, 1.165) is 30.2 Å². The van der Waals surface area contributed by atoms with Crippen molar-refractivity contribution >= 4 is 11.8 Å². The zero-order valence-corrected chi connectivity index (χ0v) is 13.1. The third-order valence-corrected chi connectivity index (χ3v) is 4.02. The van der Waals surface area contributed by atoms with Gasteiger partial charge in [-0.15, -0.1) is 0 Å². The van der Waals surface area contributed by atoms with Crippen molar-refractivity contribution in [1.29, 1.82) is 0 Å². The van der Waals surface area contributed by atoms with Crippen molar-refractivity contribution in [3.8, 4) is 0 Å². The lowest BCUT2D eigenvalue weighted by Gasteiger charge is -2.22. The Bertz CT molecular complexity index is 730. The highest BCUT2D eigenvalue weighted by molar-refractivity contribution is 5.78. The van der Waals surface area contributed by atoms with Crippen LogP contribution in [0, 0.1) is 13.8 Å². The zero-order chi connectivity index (χ0) is 15.5. The Morgan fingerprint density at radius 3 is 2.73 bits per heavy atom. The molecule has 2 aromatic rings. The molecular formula is C19H21N3. The van der Waals surface area contributed by atoms with Crippen LogP contribution < -0.4 is 10.6 Å². The van der Waals surface area contributed by atoms with Crippen LogP contribution in [0.15, 0.2) is 54.4 Å². The van der Waals surface area contributed by atoms with Gasteiger partial charge in [-0.3, -0.25) is 4.98 Å². The molecule has 0 spiro atoms. The lowest BCUT2D eigenvalue weighted by atomic mass is 9.97. The summed E-state index contributed by atoms with van der Waals surface area (Å²) in [5.74, 6) is 0. The average molecular weight is 291 g/mol. The number of pyridine rings is 1. The van der Waals surface area contributed by atoms with Crippen LogP contribution in [0.25, 0.3) is 6.08 Å². The van der Waals surface area contributed by atoms with Gasteiger partial charge in [-0.2, -0.15) is 0 Å². The fourth-order valence-electron chi connectivity index (χ4n) is 2.57. The summed E-state index contributed by atoms with van der Waals surface area (Å²) in [6.07, 6.45) is 4.03. The summed E-state index contributed by atoms with van der Waals surface area (Å²) in [5, 5.41) is 6.84. The van der Waals surface area contributed by atoms with E-state index in [0.29, 0.717) is 0 Å². The van der Waals surface area contributed by atoms with Crippen molar-refractivity contribution in [2.75, 3.05) is 11.9 Å². The minimum absolute atomic E-state index is 0.755. The van der Waals surface area contributed by atoms with Gasteiger partial charge in [0, 0.05) is 30.7 Å². The molecule has 1 aromatic carbocycles. The van der Waals surface area contributed by atoms with Gasteiger partial charge in [-0.05, 0) is 66.5 Å². The Morgan fingerprint density at radius 2 is 1.95 bits per heavy atom. The summed E-state index contributed by atoms with van der Waals surface area (Å²) >= 11 is 0. The van der Waals surface area contributed by atoms with Gasteiger partial charge >= 0.3 is 0 Å². The molecule has 1 aromatic heterocycles. The maximum absolute atomic E-state index is 4.32. The van der Waals surface area contributed by atoms with E-state index in [-0.39, 0.29) is 0 Å². The second-order valence-corrected chi connectivity index (χ2v) is 5.72. The van der Waals surface area contributed by atoms with Gasteiger partial charge < -0.3 is 10.6 Å². The van der Waals surface area contributed by atoms with Crippen molar-refractivity contribution < 1.29 is 0 Å². The molecule has 3 rings (SSSR count). The second kappa shape index (κ2) is 6.16. The smallest absolute Gasteiger partial charge is 0.0541 e. The first kappa shape index (κ1) is 14.5. The van der Waals surface area contributed by atoms with Crippen LogP contribution in [0.4, 0.5) is 5.69 Å². The number of aryl methyl sites for hydroxylation is 2. The Hall–Kier alpha value is -2.39. The number of hydrogen-bond donors (Lipinski definition) is 2. The van der Waals surface area contributed by atoms with Crippen LogP contribution in [-0.2, 0) is 6.54 Å². The summed E-state index contributed by atoms with van der Waals surface area (Å²) in [6.45, 7) is 9.94. The number of benzene rings is 1. The quantitative estimate of drug-likeness (QED) is 0.899. The summed E-state index contributed by atoms with van der Waals surface area (Å²) in [7, 11) is 0. The van der Waals surface area contributed by atoms with E-state index in [1.807, 2.05) is 24.4 Å². The van der Waals surface area contributed by atoms with Gasteiger partial charge in [0.1, 0.15) is 0 Å². The van der Waals surface area contributed by atoms with E-state index in [2.05, 4.69) is 54.3 Å². The van der Waals surface area contributed by atoms with E-state index < -0.39 is 0 Å². The SMILES string of the molecule is C=C1Nc2cc(C)c(C)cc2C=C1CNCc1ccccn1. The van der Waals surface area contributed by atoms with Crippen LogP contribution in [0.5, 0.6) is 0 Å². The molecule has 0 atom stereocenters. The van der Waals surface area contributed by atoms with Crippen molar-refractivity contribution in [1.82, 2.24) is 10.3 Å². The van der Waals surface area contributed by atoms with Gasteiger partial charge in [0.05, 0.1) is 5.69 Å². The van der Waals surface area contributed by atoms with Gasteiger partial charge in [0.2, 0.25) is 0 Å². The van der Waals surface area contributed by atoms with Crippen LogP contribution in [0.3, 0.4) is 0 Å². The number of aromatic nitrogens is 1. The number of fused-ring (bicyclic) bond motifs is 1. The van der Waals surface area contributed by atoms with Crippen LogP contribution >= 0.6 is 0 Å². The van der Waals surface area contributed by atoms with Gasteiger partial charge in [0.25, 0.3) is 0 Å². The fourth-order valence-corrected chi connectivity index (χ4v) is 2.57. The molecule has 3 nitrogen and oxygen atoms in total. The van der Waals surface area contributed by atoms with Gasteiger partial charge in [0.15, 0.2) is 0 Å². The van der Waals surface area contributed by atoms with Crippen LogP contribution in [-0.4, -0.2) is 11.5 Å². The average Bonchev–Trinajstić information content (AvgIpc) is 2.51. The van der Waals surface area contributed by atoms with E-state index >= 15 is 0 Å². The van der Waals surface area contributed by atoms with Crippen molar-refractivity contribution in [3.05, 3.63) is 76.8 Å². The van der Waals surface area contributed by atoms with E-state index in [9.17, 15) is 0 Å². The minimum Gasteiger partial charge on any atom is -0.355 e. The van der Waals surface area contributed by atoms with Crippen molar-refractivity contribution in [2.45, 2.75) is 20.4 Å². The Kier molecular flexibility index (Phi) is 4.07. The summed E-state index contributed by atoms with van der Waals surface area (Å²) in [4.78, 5) is 4.32. The molecule has 1 aliphatic heterocycles. The maximum Gasteiger partial charge on any atom is 0.0541 e. The molecule has 22 heavy (non-hydrogen) atoms. The standard InChI is InChI=1S/C19H21N3/c1-13-8-16-10-17(15(3)22-19(16)9-14(13)2)11-20-12-18-6-4-5-7-21-18/h4-10,20,22H,3,11-12H2,1-2H3. The topological polar surface area (TPSA) is 37.0 Å². The van der Waals surface area contributed by atoms with E-state index in [4.69, 9.17) is 0 Å². The van der Waals surface area contributed by atoms with Gasteiger partial charge in [-0.25, -0.2) is 0 Å². The van der Waals surface area contributed by atoms with Crippen molar-refractivity contribution in [2.24, 2.45) is 0 Å². The summed E-state index contributed by atoms with van der Waals surface area (Å²) in [5.41, 5.74) is 8.17. The minimum atomic E-state index is 0.755. The molecule has 112 valence electrons. The highest BCUT2D eigenvalue weighted by Crippen LogP contribution is 2.30. The molecular weight excluding hydrogens is 270 g/mol. The Labute approximate surface area is 131 Å². The molecule has 3 heteroatoms. The zero-order valence-electron chi connectivity index (χ0n) is 13.1. The number of anilines is 1. The second-order valence-electron chi connectivity index (χ2n) is 5.72. The van der Waals surface area contributed by atoms with Gasteiger partial charge in [-0.1, -0.05) is 12.6 Å². The molecule has 0 fully saturated rings. The summed E-state index contributed by atoms with van der Waals surface area (Å²) in [6, 6.07) is 10.4. The van der Waals surface area contributed by atoms with E-state index in [1.54, 1.807) is 0 Å². The first-order valence-corrected chi connectivity index (χ1v) is 7.52. The molecule has 0 saturated carbocycles. The first-order valence-electron chi connectivity index (χ1n) is 7.52. The monoisotopic (exact) mass is 291 g/mol. The molecule has 2 heterocycles. The molecule has 0 aliphatic carbocycles. The highest BCUT2D eigenvalue weighted by atomic mass is 14.9. The predicted molar refractivity (Wildman–Crippen MR) is 92.6 cm³/mol. The normalized spacial score (nSPS) is 13.4. The molecule has 1 aliphatic rings. The number of nitrogens with zero attached hydrogens (tertiary/aromatic N) is 1. The summed E-state index contributed by atoms with van der Waals surface area (Å²) < 4.78 is 0. The number of hydrogen-bond acceptors (Lipinski definition) is 3. The third kappa shape index (κ3) is 3.10.